The van der Waals surface area contributed by atoms with Crippen LogP contribution in [0, 0.1) is 17.0 Å². The third-order valence-electron chi connectivity index (χ3n) is 2.31. The van der Waals surface area contributed by atoms with Crippen molar-refractivity contribution in [3.63, 3.8) is 0 Å². The molecule has 0 heterocycles. The fourth-order valence-electron chi connectivity index (χ4n) is 1.33. The van der Waals surface area contributed by atoms with E-state index < -0.39 is 0 Å². The Morgan fingerprint density at radius 1 is 1.44 bits per heavy atom. The fourth-order valence-corrected chi connectivity index (χ4v) is 1.33. The van der Waals surface area contributed by atoms with Crippen LogP contribution in [0.15, 0.2) is 18.2 Å². The summed E-state index contributed by atoms with van der Waals surface area (Å²) in [4.78, 5) is 12.3. The van der Waals surface area contributed by atoms with Crippen molar-refractivity contribution < 1.29 is 4.92 Å². The third-order valence-corrected chi connectivity index (χ3v) is 2.31. The quantitative estimate of drug-likeness (QED) is 0.611. The van der Waals surface area contributed by atoms with Gasteiger partial charge >= 0.3 is 0 Å². The van der Waals surface area contributed by atoms with Gasteiger partial charge in [0.15, 0.2) is 0 Å². The number of non-ortho nitro benzene ring substituents is 1. The molecule has 1 rings (SSSR count). The summed E-state index contributed by atoms with van der Waals surface area (Å²) in [6, 6.07) is 4.85. The van der Waals surface area contributed by atoms with Gasteiger partial charge in [-0.15, -0.1) is 0 Å². The molecule has 0 aliphatic carbocycles. The molecule has 0 spiro atoms. The molecule has 0 aliphatic heterocycles. The predicted octanol–water partition coefficient (Wildman–Crippen LogP) is 1.88. The van der Waals surface area contributed by atoms with Crippen molar-refractivity contribution in [3.05, 3.63) is 33.9 Å². The van der Waals surface area contributed by atoms with Crippen molar-refractivity contribution in [2.75, 3.05) is 32.5 Å². The normalized spacial score (nSPS) is 10.5. The molecule has 5 heteroatoms. The van der Waals surface area contributed by atoms with E-state index in [4.69, 9.17) is 0 Å². The van der Waals surface area contributed by atoms with Crippen LogP contribution in [0.25, 0.3) is 0 Å². The zero-order valence-electron chi connectivity index (χ0n) is 9.86. The first-order chi connectivity index (χ1) is 7.50. The predicted molar refractivity (Wildman–Crippen MR) is 64.9 cm³/mol. The number of aryl methyl sites for hydroxylation is 1. The van der Waals surface area contributed by atoms with E-state index in [9.17, 15) is 10.1 Å². The van der Waals surface area contributed by atoms with Gasteiger partial charge in [0.2, 0.25) is 0 Å². The van der Waals surface area contributed by atoms with Gasteiger partial charge in [-0.25, -0.2) is 0 Å². The number of hydrogen-bond donors (Lipinski definition) is 1. The van der Waals surface area contributed by atoms with Gasteiger partial charge in [0.05, 0.1) is 4.92 Å². The molecule has 0 saturated carbocycles. The van der Waals surface area contributed by atoms with Crippen LogP contribution in [0.5, 0.6) is 0 Å². The first kappa shape index (κ1) is 12.4. The van der Waals surface area contributed by atoms with Crippen LogP contribution in [-0.4, -0.2) is 37.0 Å². The summed E-state index contributed by atoms with van der Waals surface area (Å²) < 4.78 is 0. The average Bonchev–Trinajstić information content (AvgIpc) is 2.20. The van der Waals surface area contributed by atoms with E-state index in [0.717, 1.165) is 24.3 Å². The minimum atomic E-state index is -0.378. The van der Waals surface area contributed by atoms with Crippen molar-refractivity contribution in [3.8, 4) is 0 Å². The van der Waals surface area contributed by atoms with Crippen LogP contribution in [0.4, 0.5) is 11.4 Å². The van der Waals surface area contributed by atoms with E-state index >= 15 is 0 Å². The van der Waals surface area contributed by atoms with Gasteiger partial charge in [-0.3, -0.25) is 10.1 Å². The zero-order chi connectivity index (χ0) is 12.1. The second kappa shape index (κ2) is 5.46. The molecule has 5 nitrogen and oxygen atoms in total. The number of hydrogen-bond acceptors (Lipinski definition) is 4. The molecule has 0 atom stereocenters. The van der Waals surface area contributed by atoms with Gasteiger partial charge < -0.3 is 10.2 Å². The Labute approximate surface area is 95.2 Å². The van der Waals surface area contributed by atoms with Gasteiger partial charge in [-0.1, -0.05) is 6.07 Å². The lowest BCUT2D eigenvalue weighted by Gasteiger charge is -2.12. The summed E-state index contributed by atoms with van der Waals surface area (Å²) in [5, 5.41) is 13.8. The number of likely N-dealkylation sites (N-methyl/N-ethyl adjacent to an activating group) is 1. The average molecular weight is 223 g/mol. The van der Waals surface area contributed by atoms with E-state index in [-0.39, 0.29) is 10.6 Å². The topological polar surface area (TPSA) is 58.4 Å². The first-order valence-corrected chi connectivity index (χ1v) is 5.14. The summed E-state index contributed by atoms with van der Waals surface area (Å²) in [6.07, 6.45) is 0. The highest BCUT2D eigenvalue weighted by atomic mass is 16.6. The van der Waals surface area contributed by atoms with Crippen molar-refractivity contribution in [2.45, 2.75) is 6.92 Å². The van der Waals surface area contributed by atoms with Crippen LogP contribution in [0.3, 0.4) is 0 Å². The SMILES string of the molecule is Cc1ccc([N+](=O)[O-])cc1NCCN(C)C. The summed E-state index contributed by atoms with van der Waals surface area (Å²) in [5.41, 5.74) is 1.97. The molecule has 1 N–H and O–H groups in total. The van der Waals surface area contributed by atoms with Crippen LogP contribution >= 0.6 is 0 Å². The lowest BCUT2D eigenvalue weighted by molar-refractivity contribution is -0.384. The monoisotopic (exact) mass is 223 g/mol. The minimum Gasteiger partial charge on any atom is -0.383 e. The van der Waals surface area contributed by atoms with E-state index in [1.54, 1.807) is 12.1 Å². The molecule has 0 unspecified atom stereocenters. The Bertz CT molecular complexity index is 377. The molecule has 1 aromatic carbocycles. The van der Waals surface area contributed by atoms with Crippen LogP contribution in [0.2, 0.25) is 0 Å². The number of nitro groups is 1. The molecule has 0 amide bonds. The number of benzene rings is 1. The highest BCUT2D eigenvalue weighted by Gasteiger charge is 2.07. The molecule has 0 aromatic heterocycles. The number of rotatable bonds is 5. The molecular weight excluding hydrogens is 206 g/mol. The Morgan fingerprint density at radius 2 is 2.12 bits per heavy atom. The largest absolute Gasteiger partial charge is 0.383 e. The minimum absolute atomic E-state index is 0.123. The number of anilines is 1. The molecule has 0 saturated heterocycles. The van der Waals surface area contributed by atoms with Crippen molar-refractivity contribution in [1.82, 2.24) is 4.90 Å². The molecule has 0 aliphatic rings. The summed E-state index contributed by atoms with van der Waals surface area (Å²) >= 11 is 0. The number of nitro benzene ring substituents is 1. The second-order valence-electron chi connectivity index (χ2n) is 3.99. The maximum absolute atomic E-state index is 10.6. The summed E-state index contributed by atoms with van der Waals surface area (Å²) in [7, 11) is 3.98. The standard InChI is InChI=1S/C11H17N3O2/c1-9-4-5-10(14(15)16)8-11(9)12-6-7-13(2)3/h4-5,8,12H,6-7H2,1-3H3. The Hall–Kier alpha value is -1.62. The molecule has 0 fully saturated rings. The van der Waals surface area contributed by atoms with Crippen molar-refractivity contribution in [1.29, 1.82) is 0 Å². The maximum atomic E-state index is 10.6. The Morgan fingerprint density at radius 3 is 2.69 bits per heavy atom. The molecule has 88 valence electrons. The highest BCUT2D eigenvalue weighted by molar-refractivity contribution is 5.56. The summed E-state index contributed by atoms with van der Waals surface area (Å²) in [5.74, 6) is 0. The van der Waals surface area contributed by atoms with E-state index in [1.165, 1.54) is 6.07 Å². The van der Waals surface area contributed by atoms with Gasteiger partial charge in [0, 0.05) is 30.9 Å². The Kier molecular flexibility index (Phi) is 4.25. The molecule has 0 bridgehead atoms. The third kappa shape index (κ3) is 3.51. The lowest BCUT2D eigenvalue weighted by atomic mass is 10.2. The van der Waals surface area contributed by atoms with Gasteiger partial charge in [-0.2, -0.15) is 0 Å². The van der Waals surface area contributed by atoms with Crippen LogP contribution < -0.4 is 5.32 Å². The maximum Gasteiger partial charge on any atom is 0.271 e. The van der Waals surface area contributed by atoms with E-state index in [1.807, 2.05) is 21.0 Å². The molecule has 0 radical (unpaired) electrons. The number of nitrogens with one attached hydrogen (secondary N) is 1. The fraction of sp³-hybridized carbons (Fsp3) is 0.455. The molecular formula is C11H17N3O2. The molecule has 16 heavy (non-hydrogen) atoms. The first-order valence-electron chi connectivity index (χ1n) is 5.14. The Balaban J connectivity index is 2.70. The number of nitrogens with zero attached hydrogens (tertiary/aromatic N) is 2. The van der Waals surface area contributed by atoms with Crippen molar-refractivity contribution in [2.24, 2.45) is 0 Å². The highest BCUT2D eigenvalue weighted by Crippen LogP contribution is 2.21. The van der Waals surface area contributed by atoms with Gasteiger partial charge in [-0.05, 0) is 26.6 Å². The van der Waals surface area contributed by atoms with E-state index in [0.29, 0.717) is 0 Å². The van der Waals surface area contributed by atoms with Crippen molar-refractivity contribution >= 4 is 11.4 Å². The summed E-state index contributed by atoms with van der Waals surface area (Å²) in [6.45, 7) is 3.60. The van der Waals surface area contributed by atoms with Gasteiger partial charge in [0.1, 0.15) is 0 Å². The molecule has 1 aromatic rings. The second-order valence-corrected chi connectivity index (χ2v) is 3.99. The zero-order valence-corrected chi connectivity index (χ0v) is 9.86. The van der Waals surface area contributed by atoms with E-state index in [2.05, 4.69) is 10.2 Å². The van der Waals surface area contributed by atoms with Crippen LogP contribution in [-0.2, 0) is 0 Å². The lowest BCUT2D eigenvalue weighted by Crippen LogP contribution is -2.21. The van der Waals surface area contributed by atoms with Crippen LogP contribution in [0.1, 0.15) is 5.56 Å². The van der Waals surface area contributed by atoms with Gasteiger partial charge in [0.25, 0.3) is 5.69 Å². The smallest absolute Gasteiger partial charge is 0.271 e.